The smallest absolute Gasteiger partial charge is 0.317 e. The SMILES string of the molecule is CCCN(CC(=O)O)C1CCCN(c2ccc(C)cc2)C1=O. The van der Waals surface area contributed by atoms with Crippen molar-refractivity contribution < 1.29 is 14.7 Å². The van der Waals surface area contributed by atoms with E-state index in [9.17, 15) is 9.59 Å². The molecule has 0 radical (unpaired) electrons. The Bertz CT molecular complexity index is 527. The van der Waals surface area contributed by atoms with E-state index in [1.54, 1.807) is 9.80 Å². The number of benzene rings is 1. The minimum Gasteiger partial charge on any atom is -0.480 e. The molecule has 1 unspecified atom stereocenters. The highest BCUT2D eigenvalue weighted by atomic mass is 16.4. The van der Waals surface area contributed by atoms with Gasteiger partial charge in [-0.2, -0.15) is 0 Å². The largest absolute Gasteiger partial charge is 0.480 e. The number of carboxylic acid groups (broad SMARTS) is 1. The van der Waals surface area contributed by atoms with E-state index in [4.69, 9.17) is 5.11 Å². The van der Waals surface area contributed by atoms with Crippen molar-refractivity contribution in [3.63, 3.8) is 0 Å². The highest BCUT2D eigenvalue weighted by molar-refractivity contribution is 5.98. The molecule has 1 saturated heterocycles. The second kappa shape index (κ2) is 7.40. The van der Waals surface area contributed by atoms with Crippen LogP contribution in [-0.2, 0) is 9.59 Å². The van der Waals surface area contributed by atoms with E-state index in [-0.39, 0.29) is 18.5 Å². The van der Waals surface area contributed by atoms with Crippen molar-refractivity contribution in [1.82, 2.24) is 4.90 Å². The number of amides is 1. The fourth-order valence-corrected chi connectivity index (χ4v) is 2.98. The number of aliphatic carboxylic acids is 1. The second-order valence-electron chi connectivity index (χ2n) is 5.85. The zero-order valence-electron chi connectivity index (χ0n) is 13.3. The fraction of sp³-hybridized carbons (Fsp3) is 0.529. The standard InChI is InChI=1S/C17H24N2O3/c1-3-10-18(12-16(20)21)15-5-4-11-19(17(15)22)14-8-6-13(2)7-9-14/h6-9,15H,3-5,10-12H2,1-2H3,(H,20,21). The topological polar surface area (TPSA) is 60.9 Å². The van der Waals surface area contributed by atoms with Gasteiger partial charge in [-0.1, -0.05) is 24.6 Å². The van der Waals surface area contributed by atoms with E-state index >= 15 is 0 Å². The Labute approximate surface area is 131 Å². The lowest BCUT2D eigenvalue weighted by Crippen LogP contribution is -2.54. The van der Waals surface area contributed by atoms with Crippen molar-refractivity contribution >= 4 is 17.6 Å². The van der Waals surface area contributed by atoms with Gasteiger partial charge < -0.3 is 10.0 Å². The van der Waals surface area contributed by atoms with Crippen LogP contribution in [0.15, 0.2) is 24.3 Å². The molecule has 1 amide bonds. The summed E-state index contributed by atoms with van der Waals surface area (Å²) in [6, 6.07) is 7.57. The van der Waals surface area contributed by atoms with Crippen molar-refractivity contribution in [3.8, 4) is 0 Å². The maximum absolute atomic E-state index is 12.8. The van der Waals surface area contributed by atoms with Crippen LogP contribution < -0.4 is 4.90 Å². The quantitative estimate of drug-likeness (QED) is 0.876. The third kappa shape index (κ3) is 3.85. The minimum absolute atomic E-state index is 0.0183. The molecule has 1 aliphatic heterocycles. The third-order valence-corrected chi connectivity index (χ3v) is 4.05. The number of aryl methyl sites for hydroxylation is 1. The molecule has 0 aliphatic carbocycles. The van der Waals surface area contributed by atoms with Gasteiger partial charge in [-0.05, 0) is 44.9 Å². The third-order valence-electron chi connectivity index (χ3n) is 4.05. The van der Waals surface area contributed by atoms with Crippen LogP contribution >= 0.6 is 0 Å². The van der Waals surface area contributed by atoms with Crippen molar-refractivity contribution in [3.05, 3.63) is 29.8 Å². The molecular formula is C17H24N2O3. The van der Waals surface area contributed by atoms with Crippen molar-refractivity contribution in [2.45, 2.75) is 39.2 Å². The Hall–Kier alpha value is -1.88. The van der Waals surface area contributed by atoms with E-state index < -0.39 is 5.97 Å². The molecule has 0 aromatic heterocycles. The first-order valence-electron chi connectivity index (χ1n) is 7.86. The molecule has 1 aliphatic rings. The van der Waals surface area contributed by atoms with Gasteiger partial charge in [-0.15, -0.1) is 0 Å². The van der Waals surface area contributed by atoms with E-state index in [0.717, 1.165) is 30.5 Å². The number of anilines is 1. The summed E-state index contributed by atoms with van der Waals surface area (Å²) in [5.41, 5.74) is 2.05. The molecule has 5 heteroatoms. The Morgan fingerprint density at radius 1 is 1.36 bits per heavy atom. The summed E-state index contributed by atoms with van der Waals surface area (Å²) < 4.78 is 0. The van der Waals surface area contributed by atoms with Crippen LogP contribution in [0.1, 0.15) is 31.7 Å². The predicted octanol–water partition coefficient (Wildman–Crippen LogP) is 2.29. The van der Waals surface area contributed by atoms with Crippen LogP contribution in [0.5, 0.6) is 0 Å². The highest BCUT2D eigenvalue weighted by Gasteiger charge is 2.34. The lowest BCUT2D eigenvalue weighted by Gasteiger charge is -2.37. The molecule has 1 atom stereocenters. The molecule has 0 spiro atoms. The van der Waals surface area contributed by atoms with Crippen LogP contribution in [0.2, 0.25) is 0 Å². The normalized spacial score (nSPS) is 18.8. The van der Waals surface area contributed by atoms with Crippen molar-refractivity contribution in [2.24, 2.45) is 0 Å². The summed E-state index contributed by atoms with van der Waals surface area (Å²) in [5, 5.41) is 9.07. The molecule has 1 N–H and O–H groups in total. The van der Waals surface area contributed by atoms with Gasteiger partial charge in [-0.25, -0.2) is 0 Å². The summed E-state index contributed by atoms with van der Waals surface area (Å²) >= 11 is 0. The van der Waals surface area contributed by atoms with E-state index in [0.29, 0.717) is 13.1 Å². The number of hydrogen-bond acceptors (Lipinski definition) is 3. The molecule has 1 heterocycles. The van der Waals surface area contributed by atoms with Crippen molar-refractivity contribution in [1.29, 1.82) is 0 Å². The summed E-state index contributed by atoms with van der Waals surface area (Å²) in [5.74, 6) is -0.862. The molecule has 1 fully saturated rings. The Kier molecular flexibility index (Phi) is 5.55. The zero-order chi connectivity index (χ0) is 16.1. The zero-order valence-corrected chi connectivity index (χ0v) is 13.3. The Morgan fingerprint density at radius 2 is 2.05 bits per heavy atom. The second-order valence-corrected chi connectivity index (χ2v) is 5.85. The molecule has 2 rings (SSSR count). The number of carbonyl (C=O) groups is 2. The summed E-state index contributed by atoms with van der Waals surface area (Å²) in [6.45, 7) is 5.27. The average Bonchev–Trinajstić information content (AvgIpc) is 2.48. The molecule has 1 aromatic rings. The van der Waals surface area contributed by atoms with Gasteiger partial charge >= 0.3 is 5.97 Å². The van der Waals surface area contributed by atoms with Crippen LogP contribution in [0, 0.1) is 6.92 Å². The summed E-state index contributed by atoms with van der Waals surface area (Å²) in [7, 11) is 0. The molecular weight excluding hydrogens is 280 g/mol. The monoisotopic (exact) mass is 304 g/mol. The molecule has 22 heavy (non-hydrogen) atoms. The minimum atomic E-state index is -0.881. The maximum Gasteiger partial charge on any atom is 0.317 e. The number of nitrogens with zero attached hydrogens (tertiary/aromatic N) is 2. The van der Waals surface area contributed by atoms with Gasteiger partial charge in [-0.3, -0.25) is 14.5 Å². The number of carboxylic acids is 1. The average molecular weight is 304 g/mol. The number of carbonyl (C=O) groups excluding carboxylic acids is 1. The van der Waals surface area contributed by atoms with Gasteiger partial charge in [0.05, 0.1) is 12.6 Å². The van der Waals surface area contributed by atoms with Gasteiger partial charge in [0.15, 0.2) is 0 Å². The lowest BCUT2D eigenvalue weighted by atomic mass is 10.0. The first-order chi connectivity index (χ1) is 10.5. The molecule has 120 valence electrons. The Morgan fingerprint density at radius 3 is 2.64 bits per heavy atom. The van der Waals surface area contributed by atoms with E-state index in [1.165, 1.54) is 0 Å². The first kappa shape index (κ1) is 16.5. The lowest BCUT2D eigenvalue weighted by molar-refractivity contribution is -0.140. The van der Waals surface area contributed by atoms with Gasteiger partial charge in [0, 0.05) is 12.2 Å². The van der Waals surface area contributed by atoms with Gasteiger partial charge in [0.1, 0.15) is 0 Å². The molecule has 1 aromatic carbocycles. The number of rotatable bonds is 6. The van der Waals surface area contributed by atoms with Gasteiger partial charge in [0.2, 0.25) is 5.91 Å². The maximum atomic E-state index is 12.8. The Balaban J connectivity index is 2.17. The van der Waals surface area contributed by atoms with Gasteiger partial charge in [0.25, 0.3) is 0 Å². The van der Waals surface area contributed by atoms with Crippen LogP contribution in [0.3, 0.4) is 0 Å². The number of hydrogen-bond donors (Lipinski definition) is 1. The van der Waals surface area contributed by atoms with Crippen LogP contribution in [0.25, 0.3) is 0 Å². The summed E-state index contributed by atoms with van der Waals surface area (Å²) in [4.78, 5) is 27.4. The van der Waals surface area contributed by atoms with Crippen molar-refractivity contribution in [2.75, 3.05) is 24.5 Å². The highest BCUT2D eigenvalue weighted by Crippen LogP contribution is 2.24. The molecule has 0 saturated carbocycles. The molecule has 5 nitrogen and oxygen atoms in total. The first-order valence-corrected chi connectivity index (χ1v) is 7.86. The fourth-order valence-electron chi connectivity index (χ4n) is 2.98. The molecule has 0 bridgehead atoms. The number of piperidine rings is 1. The van der Waals surface area contributed by atoms with E-state index in [2.05, 4.69) is 0 Å². The van der Waals surface area contributed by atoms with Crippen LogP contribution in [0.4, 0.5) is 5.69 Å². The van der Waals surface area contributed by atoms with E-state index in [1.807, 2.05) is 38.1 Å². The van der Waals surface area contributed by atoms with Crippen LogP contribution in [-0.4, -0.2) is 47.6 Å². The predicted molar refractivity (Wildman–Crippen MR) is 86.1 cm³/mol. The summed E-state index contributed by atoms with van der Waals surface area (Å²) in [6.07, 6.45) is 2.46.